The molecule has 0 aliphatic rings. The van der Waals surface area contributed by atoms with Crippen molar-refractivity contribution < 1.29 is 9.50 Å². The molecule has 100 valence electrons. The van der Waals surface area contributed by atoms with Crippen molar-refractivity contribution in [2.75, 3.05) is 0 Å². The van der Waals surface area contributed by atoms with Gasteiger partial charge in [-0.2, -0.15) is 5.26 Å². The van der Waals surface area contributed by atoms with Crippen molar-refractivity contribution in [2.24, 2.45) is 0 Å². The van der Waals surface area contributed by atoms with E-state index >= 15 is 0 Å². The molecule has 5 heteroatoms. The van der Waals surface area contributed by atoms with Crippen molar-refractivity contribution >= 4 is 50.2 Å². The van der Waals surface area contributed by atoms with Gasteiger partial charge in [-0.1, -0.05) is 12.1 Å². The molecule has 0 bridgehead atoms. The van der Waals surface area contributed by atoms with Gasteiger partial charge in [0.1, 0.15) is 11.6 Å². The van der Waals surface area contributed by atoms with E-state index in [9.17, 15) is 14.8 Å². The molecule has 2 nitrogen and oxygen atoms in total. The lowest BCUT2D eigenvalue weighted by molar-refractivity contribution is 0.468. The quantitative estimate of drug-likeness (QED) is 0.405. The Balaban J connectivity index is 2.50. The zero-order valence-electron chi connectivity index (χ0n) is 10.1. The Morgan fingerprint density at radius 3 is 2.70 bits per heavy atom. The molecule has 0 fully saturated rings. The minimum absolute atomic E-state index is 0.159. The van der Waals surface area contributed by atoms with E-state index in [2.05, 4.69) is 22.0 Å². The third-order valence-electron chi connectivity index (χ3n) is 2.61. The molecular formula is C15H8BrFINO. The summed E-state index contributed by atoms with van der Waals surface area (Å²) in [5.41, 5.74) is 1.63. The molecule has 0 radical (unpaired) electrons. The summed E-state index contributed by atoms with van der Waals surface area (Å²) in [6.07, 6.45) is 1.65. The van der Waals surface area contributed by atoms with E-state index in [0.29, 0.717) is 19.2 Å². The first-order valence-electron chi connectivity index (χ1n) is 5.57. The lowest BCUT2D eigenvalue weighted by Crippen LogP contribution is -1.85. The summed E-state index contributed by atoms with van der Waals surface area (Å²) >= 11 is 5.25. The first kappa shape index (κ1) is 15.0. The fraction of sp³-hybridized carbons (Fsp3) is 0. The molecule has 0 spiro atoms. The molecule has 0 atom stereocenters. The molecule has 0 amide bonds. The van der Waals surface area contributed by atoms with Crippen LogP contribution in [0.4, 0.5) is 4.39 Å². The van der Waals surface area contributed by atoms with E-state index in [1.165, 1.54) is 12.1 Å². The van der Waals surface area contributed by atoms with Gasteiger partial charge < -0.3 is 5.11 Å². The SMILES string of the molecule is N#C/C(=C/c1cc(Br)c(O)c(I)c1)c1cccc(F)c1. The first-order valence-corrected chi connectivity index (χ1v) is 7.44. The second kappa shape index (κ2) is 6.37. The van der Waals surface area contributed by atoms with E-state index in [4.69, 9.17) is 0 Å². The highest BCUT2D eigenvalue weighted by atomic mass is 127. The summed E-state index contributed by atoms with van der Waals surface area (Å²) in [4.78, 5) is 0. The zero-order chi connectivity index (χ0) is 14.7. The molecule has 1 N–H and O–H groups in total. The van der Waals surface area contributed by atoms with Crippen molar-refractivity contribution in [1.82, 2.24) is 0 Å². The Kier molecular flexibility index (Phi) is 4.78. The van der Waals surface area contributed by atoms with Crippen LogP contribution >= 0.6 is 38.5 Å². The minimum Gasteiger partial charge on any atom is -0.506 e. The molecular weight excluding hydrogens is 436 g/mol. The lowest BCUT2D eigenvalue weighted by Gasteiger charge is -2.04. The molecule has 0 heterocycles. The predicted octanol–water partition coefficient (Wildman–Crippen LogP) is 4.96. The zero-order valence-corrected chi connectivity index (χ0v) is 13.8. The molecule has 20 heavy (non-hydrogen) atoms. The van der Waals surface area contributed by atoms with Crippen molar-refractivity contribution in [3.05, 3.63) is 61.4 Å². The third-order valence-corrected chi connectivity index (χ3v) is 4.03. The Labute approximate surface area is 137 Å². The van der Waals surface area contributed by atoms with Crippen LogP contribution < -0.4 is 0 Å². The van der Waals surface area contributed by atoms with Crippen molar-refractivity contribution in [3.63, 3.8) is 0 Å². The van der Waals surface area contributed by atoms with Crippen LogP contribution in [0.15, 0.2) is 40.9 Å². The Morgan fingerprint density at radius 1 is 1.35 bits per heavy atom. The van der Waals surface area contributed by atoms with Crippen molar-refractivity contribution in [3.8, 4) is 11.8 Å². The monoisotopic (exact) mass is 443 g/mol. The lowest BCUT2D eigenvalue weighted by atomic mass is 10.0. The molecule has 0 aromatic heterocycles. The Hall–Kier alpha value is -1.39. The number of benzene rings is 2. The molecule has 2 rings (SSSR count). The fourth-order valence-electron chi connectivity index (χ4n) is 1.67. The van der Waals surface area contributed by atoms with E-state index in [0.717, 1.165) is 5.56 Å². The van der Waals surface area contributed by atoms with E-state index in [1.807, 2.05) is 22.6 Å². The van der Waals surface area contributed by atoms with Crippen molar-refractivity contribution in [1.29, 1.82) is 5.26 Å². The van der Waals surface area contributed by atoms with E-state index < -0.39 is 0 Å². The minimum atomic E-state index is -0.384. The number of hydrogen-bond donors (Lipinski definition) is 1. The molecule has 2 aromatic rings. The molecule has 0 saturated heterocycles. The largest absolute Gasteiger partial charge is 0.506 e. The first-order chi connectivity index (χ1) is 9.51. The van der Waals surface area contributed by atoms with Gasteiger partial charge in [0.15, 0.2) is 0 Å². The summed E-state index contributed by atoms with van der Waals surface area (Å²) in [7, 11) is 0. The summed E-state index contributed by atoms with van der Waals surface area (Å²) in [6, 6.07) is 11.4. The van der Waals surface area contributed by atoms with Gasteiger partial charge in [0.2, 0.25) is 0 Å². The highest BCUT2D eigenvalue weighted by molar-refractivity contribution is 14.1. The summed E-state index contributed by atoms with van der Waals surface area (Å²) in [6.45, 7) is 0. The van der Waals surface area contributed by atoms with Gasteiger partial charge in [0.05, 0.1) is 19.7 Å². The number of rotatable bonds is 2. The fourth-order valence-corrected chi connectivity index (χ4v) is 3.17. The maximum absolute atomic E-state index is 13.2. The third kappa shape index (κ3) is 3.38. The molecule has 0 saturated carbocycles. The smallest absolute Gasteiger partial charge is 0.143 e. The van der Waals surface area contributed by atoms with Gasteiger partial charge in [0, 0.05) is 0 Å². The number of hydrogen-bond acceptors (Lipinski definition) is 2. The van der Waals surface area contributed by atoms with Crippen molar-refractivity contribution in [2.45, 2.75) is 0 Å². The number of nitriles is 1. The van der Waals surface area contributed by atoms with Gasteiger partial charge in [-0.3, -0.25) is 0 Å². The normalized spacial score (nSPS) is 11.2. The van der Waals surface area contributed by atoms with Gasteiger partial charge in [-0.25, -0.2) is 4.39 Å². The standard InChI is InChI=1S/C15H8BrFINO/c16-13-5-9(6-14(18)15(13)20)4-11(8-19)10-2-1-3-12(17)7-10/h1-7,20H/b11-4-. The average Bonchev–Trinajstić information content (AvgIpc) is 2.42. The van der Waals surface area contributed by atoms with Crippen LogP contribution in [0, 0.1) is 20.7 Å². The van der Waals surface area contributed by atoms with Crippen LogP contribution in [0.25, 0.3) is 11.6 Å². The highest BCUT2D eigenvalue weighted by Crippen LogP contribution is 2.31. The number of aromatic hydroxyl groups is 1. The highest BCUT2D eigenvalue weighted by Gasteiger charge is 2.07. The van der Waals surface area contributed by atoms with Crippen LogP contribution in [-0.2, 0) is 0 Å². The number of halogens is 3. The maximum Gasteiger partial charge on any atom is 0.143 e. The number of nitrogens with zero attached hydrogens (tertiary/aromatic N) is 1. The predicted molar refractivity (Wildman–Crippen MR) is 88.4 cm³/mol. The summed E-state index contributed by atoms with van der Waals surface area (Å²) in [5, 5.41) is 18.9. The number of phenolic OH excluding ortho intramolecular Hbond substituents is 1. The molecule has 0 aliphatic carbocycles. The molecule has 0 unspecified atom stereocenters. The maximum atomic E-state index is 13.2. The summed E-state index contributed by atoms with van der Waals surface area (Å²) < 4.78 is 14.4. The topological polar surface area (TPSA) is 44.0 Å². The van der Waals surface area contributed by atoms with Crippen LogP contribution in [0.1, 0.15) is 11.1 Å². The Bertz CT molecular complexity index is 714. The average molecular weight is 444 g/mol. The molecule has 0 aliphatic heterocycles. The van der Waals surface area contributed by atoms with Crippen LogP contribution in [0.3, 0.4) is 0 Å². The van der Waals surface area contributed by atoms with E-state index in [-0.39, 0.29) is 11.6 Å². The van der Waals surface area contributed by atoms with Gasteiger partial charge in [0.25, 0.3) is 0 Å². The van der Waals surface area contributed by atoms with Crippen LogP contribution in [0.2, 0.25) is 0 Å². The van der Waals surface area contributed by atoms with Gasteiger partial charge in [-0.05, 0) is 80.0 Å². The molecule has 2 aromatic carbocycles. The second-order valence-electron chi connectivity index (χ2n) is 4.01. The number of allylic oxidation sites excluding steroid dienone is 1. The van der Waals surface area contributed by atoms with Crippen LogP contribution in [0.5, 0.6) is 5.75 Å². The van der Waals surface area contributed by atoms with Crippen LogP contribution in [-0.4, -0.2) is 5.11 Å². The number of phenols is 1. The second-order valence-corrected chi connectivity index (χ2v) is 6.03. The van der Waals surface area contributed by atoms with Gasteiger partial charge >= 0.3 is 0 Å². The Morgan fingerprint density at radius 2 is 2.10 bits per heavy atom. The van der Waals surface area contributed by atoms with Gasteiger partial charge in [-0.15, -0.1) is 0 Å². The summed E-state index contributed by atoms with van der Waals surface area (Å²) in [5.74, 6) is -0.225. The van der Waals surface area contributed by atoms with E-state index in [1.54, 1.807) is 30.3 Å².